The van der Waals surface area contributed by atoms with Gasteiger partial charge in [0.05, 0.1) is 23.4 Å². The third kappa shape index (κ3) is 3.79. The summed E-state index contributed by atoms with van der Waals surface area (Å²) in [4.78, 5) is 12.9. The second-order valence-electron chi connectivity index (χ2n) is 6.89. The summed E-state index contributed by atoms with van der Waals surface area (Å²) in [6.07, 6.45) is -4.58. The fourth-order valence-corrected chi connectivity index (χ4v) is 3.44. The van der Waals surface area contributed by atoms with Crippen LogP contribution in [0.2, 0.25) is 0 Å². The van der Waals surface area contributed by atoms with Gasteiger partial charge in [-0.2, -0.15) is 13.2 Å². The fraction of sp³-hybridized carbons (Fsp3) is 0.286. The second kappa shape index (κ2) is 7.55. The summed E-state index contributed by atoms with van der Waals surface area (Å²) in [5, 5.41) is 0. The zero-order chi connectivity index (χ0) is 21.5. The summed E-state index contributed by atoms with van der Waals surface area (Å²) in [6.45, 7) is 1.96. The molecular weight excluding hydrogens is 406 g/mol. The lowest BCUT2D eigenvalue weighted by Gasteiger charge is -2.17. The first-order valence-electron chi connectivity index (χ1n) is 9.16. The molecule has 0 radical (unpaired) electrons. The average molecular weight is 423 g/mol. The molecule has 1 saturated heterocycles. The molecule has 2 aromatic carbocycles. The summed E-state index contributed by atoms with van der Waals surface area (Å²) < 4.78 is 69.7. The Morgan fingerprint density at radius 1 is 1.20 bits per heavy atom. The van der Waals surface area contributed by atoms with Gasteiger partial charge in [0.2, 0.25) is 6.29 Å². The maximum Gasteiger partial charge on any atom is 0.416 e. The smallest absolute Gasteiger partial charge is 0.416 e. The molecule has 4 rings (SSSR count). The van der Waals surface area contributed by atoms with Crippen LogP contribution in [0, 0.1) is 12.7 Å². The van der Waals surface area contributed by atoms with Crippen molar-refractivity contribution in [1.29, 1.82) is 0 Å². The van der Waals surface area contributed by atoms with Gasteiger partial charge in [0, 0.05) is 6.42 Å². The zero-order valence-electron chi connectivity index (χ0n) is 15.8. The topological polar surface area (TPSA) is 48.0 Å². The third-order valence-corrected chi connectivity index (χ3v) is 5.01. The van der Waals surface area contributed by atoms with Gasteiger partial charge in [-0.25, -0.2) is 9.18 Å². The summed E-state index contributed by atoms with van der Waals surface area (Å²) >= 11 is 0. The quantitative estimate of drug-likeness (QED) is 0.648. The van der Waals surface area contributed by atoms with Crippen molar-refractivity contribution in [2.24, 2.45) is 0 Å². The lowest BCUT2D eigenvalue weighted by atomic mass is 9.99. The maximum absolute atomic E-state index is 14.6. The number of anilines is 1. The minimum absolute atomic E-state index is 0.0646. The minimum Gasteiger partial charge on any atom is -0.458 e. The molecule has 2 aliphatic heterocycles. The van der Waals surface area contributed by atoms with Crippen LogP contribution in [0.4, 0.5) is 28.0 Å². The number of nitrogens with zero attached hydrogens (tertiary/aromatic N) is 1. The number of benzene rings is 2. The van der Waals surface area contributed by atoms with E-state index < -0.39 is 29.9 Å². The molecule has 0 N–H and O–H groups in total. The first kappa shape index (κ1) is 20.1. The monoisotopic (exact) mass is 423 g/mol. The summed E-state index contributed by atoms with van der Waals surface area (Å²) in [5.74, 6) is -0.504. The molecule has 1 amide bonds. The van der Waals surface area contributed by atoms with Gasteiger partial charge in [-0.05, 0) is 42.3 Å². The Labute approximate surface area is 169 Å². The van der Waals surface area contributed by atoms with Gasteiger partial charge < -0.3 is 14.2 Å². The summed E-state index contributed by atoms with van der Waals surface area (Å²) in [7, 11) is 0. The van der Waals surface area contributed by atoms with Gasteiger partial charge in [0.15, 0.2) is 5.76 Å². The van der Waals surface area contributed by atoms with Crippen LogP contribution in [0.1, 0.15) is 22.3 Å². The SMILES string of the molecule is Cc1c(CC2OC=C(c3ccc(N4CCOC4=O)cc3F)O2)cccc1C(F)(F)F. The molecular formula is C21H17F4NO4. The van der Waals surface area contributed by atoms with Gasteiger partial charge in [-0.3, -0.25) is 4.90 Å². The Morgan fingerprint density at radius 3 is 2.67 bits per heavy atom. The summed E-state index contributed by atoms with van der Waals surface area (Å²) in [5.41, 5.74) is 0.281. The van der Waals surface area contributed by atoms with E-state index in [-0.39, 0.29) is 29.9 Å². The van der Waals surface area contributed by atoms with E-state index in [4.69, 9.17) is 14.2 Å². The van der Waals surface area contributed by atoms with E-state index in [0.29, 0.717) is 17.8 Å². The Balaban J connectivity index is 1.47. The fourth-order valence-electron chi connectivity index (χ4n) is 3.44. The van der Waals surface area contributed by atoms with Gasteiger partial charge in [0.1, 0.15) is 18.7 Å². The molecule has 2 heterocycles. The maximum atomic E-state index is 14.6. The largest absolute Gasteiger partial charge is 0.458 e. The normalized spacial score (nSPS) is 18.7. The number of carbonyl (C=O) groups excluding carboxylic acids is 1. The second-order valence-corrected chi connectivity index (χ2v) is 6.89. The molecule has 0 aliphatic carbocycles. The molecule has 2 aromatic rings. The molecule has 9 heteroatoms. The Kier molecular flexibility index (Phi) is 5.05. The van der Waals surface area contributed by atoms with Crippen LogP contribution in [0.5, 0.6) is 0 Å². The highest BCUT2D eigenvalue weighted by Gasteiger charge is 2.34. The van der Waals surface area contributed by atoms with Crippen LogP contribution in [-0.2, 0) is 26.8 Å². The van der Waals surface area contributed by atoms with E-state index in [0.717, 1.165) is 6.07 Å². The Bertz CT molecular complexity index is 1020. The molecule has 30 heavy (non-hydrogen) atoms. The average Bonchev–Trinajstić information content (AvgIpc) is 3.31. The van der Waals surface area contributed by atoms with Crippen LogP contribution in [0.3, 0.4) is 0 Å². The van der Waals surface area contributed by atoms with E-state index in [2.05, 4.69) is 0 Å². The van der Waals surface area contributed by atoms with Gasteiger partial charge in [-0.1, -0.05) is 12.1 Å². The Morgan fingerprint density at radius 2 is 2.00 bits per heavy atom. The number of alkyl halides is 3. The van der Waals surface area contributed by atoms with Gasteiger partial charge in [0.25, 0.3) is 0 Å². The van der Waals surface area contributed by atoms with Crippen molar-refractivity contribution < 1.29 is 36.6 Å². The van der Waals surface area contributed by atoms with Crippen molar-refractivity contribution in [3.63, 3.8) is 0 Å². The molecule has 0 spiro atoms. The molecule has 1 unspecified atom stereocenters. The molecule has 1 fully saturated rings. The molecule has 1 atom stereocenters. The van der Waals surface area contributed by atoms with E-state index in [1.807, 2.05) is 0 Å². The first-order valence-corrected chi connectivity index (χ1v) is 9.16. The Hall–Kier alpha value is -3.23. The lowest BCUT2D eigenvalue weighted by Crippen LogP contribution is -2.23. The minimum atomic E-state index is -4.45. The van der Waals surface area contributed by atoms with Crippen LogP contribution in [-0.4, -0.2) is 25.5 Å². The van der Waals surface area contributed by atoms with Crippen LogP contribution < -0.4 is 4.90 Å². The van der Waals surface area contributed by atoms with Crippen molar-refractivity contribution in [3.8, 4) is 0 Å². The number of hydrogen-bond donors (Lipinski definition) is 0. The predicted molar refractivity (Wildman–Crippen MR) is 98.9 cm³/mol. The van der Waals surface area contributed by atoms with Crippen molar-refractivity contribution in [3.05, 3.63) is 70.7 Å². The highest BCUT2D eigenvalue weighted by Crippen LogP contribution is 2.35. The van der Waals surface area contributed by atoms with Gasteiger partial charge in [-0.15, -0.1) is 0 Å². The zero-order valence-corrected chi connectivity index (χ0v) is 15.8. The number of ether oxygens (including phenoxy) is 3. The van der Waals surface area contributed by atoms with Crippen LogP contribution in [0.15, 0.2) is 42.7 Å². The van der Waals surface area contributed by atoms with Crippen molar-refractivity contribution in [1.82, 2.24) is 0 Å². The number of rotatable bonds is 4. The van der Waals surface area contributed by atoms with Crippen LogP contribution >= 0.6 is 0 Å². The van der Waals surface area contributed by atoms with Gasteiger partial charge >= 0.3 is 12.3 Å². The predicted octanol–water partition coefficient (Wildman–Crippen LogP) is 5.02. The van der Waals surface area contributed by atoms with Crippen molar-refractivity contribution in [2.75, 3.05) is 18.1 Å². The highest BCUT2D eigenvalue weighted by atomic mass is 19.4. The molecule has 5 nitrogen and oxygen atoms in total. The van der Waals surface area contributed by atoms with E-state index in [1.54, 1.807) is 12.1 Å². The van der Waals surface area contributed by atoms with E-state index >= 15 is 0 Å². The third-order valence-electron chi connectivity index (χ3n) is 5.01. The lowest BCUT2D eigenvalue weighted by molar-refractivity contribution is -0.138. The number of carbonyl (C=O) groups is 1. The molecule has 0 saturated carbocycles. The molecule has 158 valence electrons. The van der Waals surface area contributed by atoms with Crippen LogP contribution in [0.25, 0.3) is 5.76 Å². The summed E-state index contributed by atoms with van der Waals surface area (Å²) in [6, 6.07) is 8.11. The van der Waals surface area contributed by atoms with Crippen molar-refractivity contribution in [2.45, 2.75) is 25.8 Å². The first-order chi connectivity index (χ1) is 14.2. The standard InChI is InChI=1S/C21H17F4NO4/c1-12-13(3-2-4-16(12)21(23,24)25)9-19-29-11-18(30-19)15-6-5-14(10-17(15)22)26-7-8-28-20(26)27/h2-6,10-11,19H,7-9H2,1H3. The van der Waals surface area contributed by atoms with E-state index in [1.165, 1.54) is 36.3 Å². The van der Waals surface area contributed by atoms with E-state index in [9.17, 15) is 22.4 Å². The molecule has 2 aliphatic rings. The van der Waals surface area contributed by atoms with Crippen molar-refractivity contribution >= 4 is 17.5 Å². The molecule has 0 aromatic heterocycles. The number of halogens is 4. The number of amides is 1. The number of cyclic esters (lactones) is 1. The highest BCUT2D eigenvalue weighted by molar-refractivity contribution is 5.89. The number of hydrogen-bond acceptors (Lipinski definition) is 4. The molecule has 0 bridgehead atoms.